The molecule has 1 aromatic heterocycles. The number of aromatic nitrogens is 1. The predicted octanol–water partition coefficient (Wildman–Crippen LogP) is 1.89. The van der Waals surface area contributed by atoms with Gasteiger partial charge < -0.3 is 0 Å². The average Bonchev–Trinajstić information content (AvgIpc) is 2.14. The Kier molecular flexibility index (Phi) is 1.30. The van der Waals surface area contributed by atoms with Crippen LogP contribution in [-0.4, -0.2) is 4.09 Å². The number of hydrogen-bond acceptors (Lipinski definition) is 2. The molecule has 0 aliphatic carbocycles. The minimum absolute atomic E-state index is 0.347. The molecule has 0 amide bonds. The van der Waals surface area contributed by atoms with E-state index in [0.717, 1.165) is 0 Å². The Bertz CT molecular complexity index is 196. The third kappa shape index (κ3) is 0.869. The molecule has 0 saturated heterocycles. The van der Waals surface area contributed by atoms with Crippen molar-refractivity contribution in [1.29, 1.82) is 0 Å². The van der Waals surface area contributed by atoms with Crippen molar-refractivity contribution < 1.29 is 0 Å². The molecule has 1 heterocycles. The van der Waals surface area contributed by atoms with Crippen LogP contribution < -0.4 is 0 Å². The Morgan fingerprint density at radius 3 is 2.75 bits per heavy atom. The molecule has 1 aromatic rings. The van der Waals surface area contributed by atoms with Crippen molar-refractivity contribution >= 4 is 17.5 Å². The summed E-state index contributed by atoms with van der Waals surface area (Å²) >= 11 is 5.36. The van der Waals surface area contributed by atoms with E-state index < -0.39 is 0 Å². The smallest absolute Gasteiger partial charge is 0.127 e. The zero-order valence-corrected chi connectivity index (χ0v) is 4.67. The van der Waals surface area contributed by atoms with Crippen LogP contribution >= 0.6 is 11.8 Å². The molecular weight excluding hydrogens is 128 g/mol. The van der Waals surface area contributed by atoms with Gasteiger partial charge in [-0.05, 0) is 11.2 Å². The molecule has 0 aliphatic heterocycles. The molecule has 4 heteroatoms. The first-order valence-electron chi connectivity index (χ1n) is 2.00. The molecule has 0 fully saturated rings. The van der Waals surface area contributed by atoms with E-state index >= 15 is 0 Å². The van der Waals surface area contributed by atoms with E-state index in [2.05, 4.69) is 5.18 Å². The highest BCUT2D eigenvalue weighted by Gasteiger charge is 1.89. The highest BCUT2D eigenvalue weighted by molar-refractivity contribution is 6.15. The van der Waals surface area contributed by atoms with Crippen LogP contribution in [0.4, 0.5) is 5.69 Å². The first-order valence-corrected chi connectivity index (χ1v) is 2.34. The fourth-order valence-corrected chi connectivity index (χ4v) is 0.570. The van der Waals surface area contributed by atoms with Gasteiger partial charge >= 0.3 is 0 Å². The summed E-state index contributed by atoms with van der Waals surface area (Å²) in [6, 6.07) is 1.53. The van der Waals surface area contributed by atoms with Crippen LogP contribution in [0, 0.1) is 4.91 Å². The lowest BCUT2D eigenvalue weighted by Gasteiger charge is -1.75. The summed E-state index contributed by atoms with van der Waals surface area (Å²) in [6.07, 6.45) is 2.97. The predicted molar refractivity (Wildman–Crippen MR) is 31.1 cm³/mol. The minimum Gasteiger partial charge on any atom is -0.266 e. The van der Waals surface area contributed by atoms with Crippen molar-refractivity contribution in [1.82, 2.24) is 4.09 Å². The van der Waals surface area contributed by atoms with Crippen LogP contribution in [0.2, 0.25) is 0 Å². The molecule has 0 radical (unpaired) electrons. The van der Waals surface area contributed by atoms with Gasteiger partial charge in [0, 0.05) is 18.0 Å². The van der Waals surface area contributed by atoms with Crippen molar-refractivity contribution in [2.75, 3.05) is 0 Å². The normalized spacial score (nSPS) is 9.12. The second-order valence-corrected chi connectivity index (χ2v) is 1.70. The van der Waals surface area contributed by atoms with Gasteiger partial charge in [0.1, 0.15) is 5.69 Å². The van der Waals surface area contributed by atoms with Crippen LogP contribution in [0.15, 0.2) is 23.6 Å². The monoisotopic (exact) mass is 130 g/mol. The van der Waals surface area contributed by atoms with E-state index in [0.29, 0.717) is 5.69 Å². The van der Waals surface area contributed by atoms with Gasteiger partial charge in [-0.15, -0.1) is 4.91 Å². The van der Waals surface area contributed by atoms with Crippen LogP contribution in [-0.2, 0) is 0 Å². The third-order valence-corrected chi connectivity index (χ3v) is 0.959. The van der Waals surface area contributed by atoms with Gasteiger partial charge in [-0.2, -0.15) is 0 Å². The molecule has 0 aliphatic rings. The molecular formula is C4H3ClN2O. The van der Waals surface area contributed by atoms with E-state index in [4.69, 9.17) is 11.8 Å². The maximum atomic E-state index is 9.70. The molecule has 0 unspecified atom stereocenters. The van der Waals surface area contributed by atoms with Crippen molar-refractivity contribution in [3.8, 4) is 0 Å². The fourth-order valence-electron chi connectivity index (χ4n) is 0.414. The maximum Gasteiger partial charge on any atom is 0.127 e. The molecule has 3 nitrogen and oxygen atoms in total. The molecule has 0 aromatic carbocycles. The lowest BCUT2D eigenvalue weighted by molar-refractivity contribution is 1.26. The first-order chi connectivity index (χ1) is 3.83. The largest absolute Gasteiger partial charge is 0.266 e. The van der Waals surface area contributed by atoms with Crippen molar-refractivity contribution in [2.45, 2.75) is 0 Å². The molecule has 0 spiro atoms. The lowest BCUT2D eigenvalue weighted by atomic mass is 10.6. The highest BCUT2D eigenvalue weighted by atomic mass is 35.5. The van der Waals surface area contributed by atoms with Gasteiger partial charge in [-0.25, -0.2) is 0 Å². The molecule has 8 heavy (non-hydrogen) atoms. The van der Waals surface area contributed by atoms with E-state index in [-0.39, 0.29) is 0 Å². The number of hydrogen-bond donors (Lipinski definition) is 0. The molecule has 1 rings (SSSR count). The molecule has 0 bridgehead atoms. The molecule has 0 saturated carbocycles. The Morgan fingerprint density at radius 2 is 2.50 bits per heavy atom. The van der Waals surface area contributed by atoms with Gasteiger partial charge in [-0.1, -0.05) is 0 Å². The first kappa shape index (κ1) is 5.31. The zero-order valence-electron chi connectivity index (χ0n) is 3.91. The highest BCUT2D eigenvalue weighted by Crippen LogP contribution is 2.10. The standard InChI is InChI=1S/C4H3ClN2O/c5-7-2-1-4(3-7)6-8/h1-3H. The number of halogens is 1. The quantitative estimate of drug-likeness (QED) is 0.535. The number of nitroso groups, excluding NO2 is 1. The summed E-state index contributed by atoms with van der Waals surface area (Å²) in [5.41, 5.74) is 0.347. The summed E-state index contributed by atoms with van der Waals surface area (Å²) in [5, 5.41) is 2.64. The van der Waals surface area contributed by atoms with Gasteiger partial charge in [-0.3, -0.25) is 4.09 Å². The van der Waals surface area contributed by atoms with Crippen LogP contribution in [0.25, 0.3) is 0 Å². The SMILES string of the molecule is O=Nc1ccn(Cl)c1. The van der Waals surface area contributed by atoms with Gasteiger partial charge in [0.05, 0.1) is 6.20 Å². The van der Waals surface area contributed by atoms with Gasteiger partial charge in [0.15, 0.2) is 0 Å². The Labute approximate surface area is 51.0 Å². The third-order valence-electron chi connectivity index (χ3n) is 0.749. The maximum absolute atomic E-state index is 9.70. The number of nitrogens with zero attached hydrogens (tertiary/aromatic N) is 2. The topological polar surface area (TPSA) is 34.4 Å². The van der Waals surface area contributed by atoms with Gasteiger partial charge in [0.2, 0.25) is 0 Å². The Morgan fingerprint density at radius 1 is 1.75 bits per heavy atom. The summed E-state index contributed by atoms with van der Waals surface area (Å²) in [5.74, 6) is 0. The van der Waals surface area contributed by atoms with Gasteiger partial charge in [0.25, 0.3) is 0 Å². The summed E-state index contributed by atoms with van der Waals surface area (Å²) < 4.78 is 1.25. The van der Waals surface area contributed by atoms with Crippen molar-refractivity contribution in [3.05, 3.63) is 23.4 Å². The lowest BCUT2D eigenvalue weighted by Crippen LogP contribution is -1.64. The Balaban J connectivity index is 3.00. The summed E-state index contributed by atoms with van der Waals surface area (Å²) in [6.45, 7) is 0. The number of rotatable bonds is 1. The molecule has 0 N–H and O–H groups in total. The van der Waals surface area contributed by atoms with E-state index in [1.54, 1.807) is 0 Å². The summed E-state index contributed by atoms with van der Waals surface area (Å²) in [4.78, 5) is 9.70. The van der Waals surface area contributed by atoms with Crippen LogP contribution in [0.3, 0.4) is 0 Å². The van der Waals surface area contributed by atoms with Crippen molar-refractivity contribution in [3.63, 3.8) is 0 Å². The second-order valence-electron chi connectivity index (χ2n) is 1.31. The molecule has 0 atom stereocenters. The fraction of sp³-hybridized carbons (Fsp3) is 0. The second kappa shape index (κ2) is 1.96. The average molecular weight is 131 g/mol. The molecule has 42 valence electrons. The van der Waals surface area contributed by atoms with E-state index in [9.17, 15) is 4.91 Å². The zero-order chi connectivity index (χ0) is 5.98. The van der Waals surface area contributed by atoms with Crippen LogP contribution in [0.1, 0.15) is 0 Å². The van der Waals surface area contributed by atoms with Crippen LogP contribution in [0.5, 0.6) is 0 Å². The summed E-state index contributed by atoms with van der Waals surface area (Å²) in [7, 11) is 0. The van der Waals surface area contributed by atoms with Crippen molar-refractivity contribution in [2.24, 2.45) is 5.18 Å². The van der Waals surface area contributed by atoms with E-state index in [1.807, 2.05) is 0 Å². The minimum atomic E-state index is 0.347. The van der Waals surface area contributed by atoms with E-state index in [1.165, 1.54) is 22.5 Å². The Hall–Kier alpha value is -0.830.